The quantitative estimate of drug-likeness (QED) is 0.427. The number of nitrogens with zero attached hydrogens (tertiary/aromatic N) is 1. The summed E-state index contributed by atoms with van der Waals surface area (Å²) in [6.45, 7) is 5.72. The van der Waals surface area contributed by atoms with Crippen LogP contribution in [0.4, 0.5) is 5.69 Å². The molecule has 1 unspecified atom stereocenters. The van der Waals surface area contributed by atoms with Crippen molar-refractivity contribution in [3.05, 3.63) is 11.6 Å². The third kappa shape index (κ3) is 3.82. The maximum absolute atomic E-state index is 12.4. The molecule has 1 saturated heterocycles. The number of amides is 1. The van der Waals surface area contributed by atoms with E-state index in [1.165, 1.54) is 6.92 Å². The van der Waals surface area contributed by atoms with E-state index in [0.29, 0.717) is 6.54 Å². The molecule has 1 aromatic rings. The van der Waals surface area contributed by atoms with Gasteiger partial charge in [-0.1, -0.05) is 13.8 Å². The van der Waals surface area contributed by atoms with Crippen LogP contribution in [-0.2, 0) is 9.84 Å². The van der Waals surface area contributed by atoms with Crippen molar-refractivity contribution in [1.82, 2.24) is 10.2 Å². The van der Waals surface area contributed by atoms with Crippen LogP contribution in [0.5, 0.6) is 11.5 Å². The molecule has 1 heterocycles. The van der Waals surface area contributed by atoms with Gasteiger partial charge in [-0.2, -0.15) is 0 Å². The van der Waals surface area contributed by atoms with Gasteiger partial charge in [-0.25, -0.2) is 8.42 Å². The van der Waals surface area contributed by atoms with Gasteiger partial charge in [0.05, 0.1) is 21.9 Å². The summed E-state index contributed by atoms with van der Waals surface area (Å²) in [5, 5.41) is 22.6. The van der Waals surface area contributed by atoms with Gasteiger partial charge in [0.15, 0.2) is 21.3 Å². The van der Waals surface area contributed by atoms with Crippen LogP contribution in [0.3, 0.4) is 0 Å². The third-order valence-electron chi connectivity index (χ3n) is 4.64. The molecule has 0 spiro atoms. The second-order valence-corrected chi connectivity index (χ2v) is 8.32. The Morgan fingerprint density at radius 2 is 2.04 bits per heavy atom. The van der Waals surface area contributed by atoms with Crippen LogP contribution in [0.25, 0.3) is 0 Å². The first-order chi connectivity index (χ1) is 11.7. The van der Waals surface area contributed by atoms with E-state index in [2.05, 4.69) is 10.2 Å². The number of carbonyl (C=O) groups is 1. The van der Waals surface area contributed by atoms with Crippen molar-refractivity contribution in [1.29, 1.82) is 0 Å². The van der Waals surface area contributed by atoms with Crippen molar-refractivity contribution in [2.75, 3.05) is 31.1 Å². The number of sulfone groups is 1. The second-order valence-electron chi connectivity index (χ2n) is 6.07. The van der Waals surface area contributed by atoms with Crippen molar-refractivity contribution in [2.45, 2.75) is 37.6 Å². The number of rotatable bonds is 6. The number of likely N-dealkylation sites (tertiary alicyclic amines) is 1. The first kappa shape index (κ1) is 19.3. The van der Waals surface area contributed by atoms with Crippen LogP contribution >= 0.6 is 0 Å². The zero-order valence-corrected chi connectivity index (χ0v) is 15.3. The molecular formula is C16H25N3O5S. The van der Waals surface area contributed by atoms with Crippen LogP contribution in [0, 0.1) is 0 Å². The number of phenolic OH excluding ortho intramolecular Hbond substituents is 2. The average Bonchev–Trinajstić information content (AvgIpc) is 3.05. The summed E-state index contributed by atoms with van der Waals surface area (Å²) in [5.41, 5.74) is 4.84. The van der Waals surface area contributed by atoms with Crippen molar-refractivity contribution in [3.63, 3.8) is 0 Å². The Morgan fingerprint density at radius 3 is 2.64 bits per heavy atom. The molecule has 1 fully saturated rings. The number of carbonyl (C=O) groups excluding carboxylic acids is 1. The number of phenols is 2. The SMILES string of the molecule is CCN1CCCC1CNC(=O)c1cc(S(=O)(=O)CC)c(N)c(O)c1O. The number of anilines is 1. The van der Waals surface area contributed by atoms with Gasteiger partial charge in [-0.05, 0) is 32.0 Å². The van der Waals surface area contributed by atoms with E-state index in [1.807, 2.05) is 6.92 Å². The molecule has 1 aromatic carbocycles. The first-order valence-electron chi connectivity index (χ1n) is 8.32. The summed E-state index contributed by atoms with van der Waals surface area (Å²) in [5.74, 6) is -2.40. The van der Waals surface area contributed by atoms with Gasteiger partial charge in [0.1, 0.15) is 0 Å². The normalized spacial score (nSPS) is 18.4. The number of aromatic hydroxyl groups is 2. The molecule has 1 aliphatic rings. The molecule has 0 aromatic heterocycles. The smallest absolute Gasteiger partial charge is 0.255 e. The van der Waals surface area contributed by atoms with Gasteiger partial charge >= 0.3 is 0 Å². The number of nitrogens with one attached hydrogen (secondary N) is 1. The molecule has 8 nitrogen and oxygen atoms in total. The molecule has 1 atom stereocenters. The Labute approximate surface area is 147 Å². The molecule has 140 valence electrons. The van der Waals surface area contributed by atoms with Crippen molar-refractivity contribution < 1.29 is 23.4 Å². The van der Waals surface area contributed by atoms with Gasteiger partial charge in [-0.3, -0.25) is 9.69 Å². The van der Waals surface area contributed by atoms with Crippen LogP contribution in [0.15, 0.2) is 11.0 Å². The number of hydrogen-bond acceptors (Lipinski definition) is 7. The topological polar surface area (TPSA) is 133 Å². The number of benzene rings is 1. The van der Waals surface area contributed by atoms with Gasteiger partial charge < -0.3 is 21.3 Å². The lowest BCUT2D eigenvalue weighted by Gasteiger charge is -2.23. The van der Waals surface area contributed by atoms with E-state index in [1.54, 1.807) is 0 Å². The fraction of sp³-hybridized carbons (Fsp3) is 0.562. The van der Waals surface area contributed by atoms with Gasteiger partial charge in [0, 0.05) is 12.6 Å². The molecule has 1 aliphatic heterocycles. The fourth-order valence-corrected chi connectivity index (χ4v) is 4.12. The van der Waals surface area contributed by atoms with Gasteiger partial charge in [-0.15, -0.1) is 0 Å². The lowest BCUT2D eigenvalue weighted by Crippen LogP contribution is -2.40. The van der Waals surface area contributed by atoms with Gasteiger partial charge in [0.2, 0.25) is 0 Å². The van der Waals surface area contributed by atoms with E-state index in [0.717, 1.165) is 32.0 Å². The Hall–Kier alpha value is -2.00. The molecule has 0 bridgehead atoms. The van der Waals surface area contributed by atoms with E-state index in [4.69, 9.17) is 5.73 Å². The predicted molar refractivity (Wildman–Crippen MR) is 94.5 cm³/mol. The number of nitrogens with two attached hydrogens (primary N) is 1. The molecular weight excluding hydrogens is 346 g/mol. The minimum absolute atomic E-state index is 0.206. The van der Waals surface area contributed by atoms with Crippen molar-refractivity contribution in [2.24, 2.45) is 0 Å². The maximum atomic E-state index is 12.4. The summed E-state index contributed by atoms with van der Waals surface area (Å²) in [6.07, 6.45) is 2.02. The highest BCUT2D eigenvalue weighted by molar-refractivity contribution is 7.91. The Morgan fingerprint density at radius 1 is 1.36 bits per heavy atom. The number of nitrogen functional groups attached to an aromatic ring is 1. The predicted octanol–water partition coefficient (Wildman–Crippen LogP) is 0.688. The van der Waals surface area contributed by atoms with Crippen molar-refractivity contribution in [3.8, 4) is 11.5 Å². The summed E-state index contributed by atoms with van der Waals surface area (Å²) >= 11 is 0. The second kappa shape index (κ2) is 7.49. The van der Waals surface area contributed by atoms with E-state index < -0.39 is 32.9 Å². The Kier molecular flexibility index (Phi) is 5.79. The lowest BCUT2D eigenvalue weighted by molar-refractivity contribution is 0.0938. The summed E-state index contributed by atoms with van der Waals surface area (Å²) in [7, 11) is -3.75. The molecule has 2 rings (SSSR count). The first-order valence-corrected chi connectivity index (χ1v) is 9.97. The molecule has 0 radical (unpaired) electrons. The van der Waals surface area contributed by atoms with Crippen LogP contribution in [0.2, 0.25) is 0 Å². The highest BCUT2D eigenvalue weighted by atomic mass is 32.2. The van der Waals surface area contributed by atoms with Crippen LogP contribution in [-0.4, -0.2) is 60.9 Å². The molecule has 1 amide bonds. The van der Waals surface area contributed by atoms with Crippen LogP contribution < -0.4 is 11.1 Å². The minimum Gasteiger partial charge on any atom is -0.504 e. The Bertz CT molecular complexity index is 764. The zero-order valence-electron chi connectivity index (χ0n) is 14.4. The largest absolute Gasteiger partial charge is 0.504 e. The molecule has 9 heteroatoms. The molecule has 0 aliphatic carbocycles. The van der Waals surface area contributed by atoms with E-state index in [-0.39, 0.29) is 22.3 Å². The monoisotopic (exact) mass is 371 g/mol. The van der Waals surface area contributed by atoms with E-state index in [9.17, 15) is 23.4 Å². The standard InChI is InChI=1S/C16H25N3O5S/c1-3-19-7-5-6-10(19)9-18-16(22)11-8-12(25(23,24)4-2)13(17)15(21)14(11)20/h8,10,20-21H,3-7,9,17H2,1-2H3,(H,18,22). The third-order valence-corrected chi connectivity index (χ3v) is 6.41. The zero-order chi connectivity index (χ0) is 18.8. The highest BCUT2D eigenvalue weighted by Crippen LogP contribution is 2.39. The average molecular weight is 371 g/mol. The minimum atomic E-state index is -3.75. The maximum Gasteiger partial charge on any atom is 0.255 e. The highest BCUT2D eigenvalue weighted by Gasteiger charge is 2.27. The van der Waals surface area contributed by atoms with Gasteiger partial charge in [0.25, 0.3) is 5.91 Å². The Balaban J connectivity index is 2.27. The summed E-state index contributed by atoms with van der Waals surface area (Å²) in [4.78, 5) is 14.3. The molecule has 0 saturated carbocycles. The number of likely N-dealkylation sites (N-methyl/N-ethyl adjacent to an activating group) is 1. The van der Waals surface area contributed by atoms with Crippen LogP contribution in [0.1, 0.15) is 37.0 Å². The number of hydrogen-bond donors (Lipinski definition) is 4. The molecule has 25 heavy (non-hydrogen) atoms. The van der Waals surface area contributed by atoms with Crippen molar-refractivity contribution >= 4 is 21.4 Å². The fourth-order valence-electron chi connectivity index (χ4n) is 3.08. The van der Waals surface area contributed by atoms with E-state index >= 15 is 0 Å². The lowest BCUT2D eigenvalue weighted by atomic mass is 10.1. The summed E-state index contributed by atoms with van der Waals surface area (Å²) < 4.78 is 24.2. The summed E-state index contributed by atoms with van der Waals surface area (Å²) in [6, 6.07) is 1.22. The molecule has 5 N–H and O–H groups in total.